The lowest BCUT2D eigenvalue weighted by Gasteiger charge is -2.20. The van der Waals surface area contributed by atoms with Crippen LogP contribution in [0.15, 0.2) is 12.3 Å². The first-order valence-electron chi connectivity index (χ1n) is 7.89. The van der Waals surface area contributed by atoms with Crippen molar-refractivity contribution in [3.8, 4) is 0 Å². The number of nitrogens with zero attached hydrogens (tertiary/aromatic N) is 4. The lowest BCUT2D eigenvalue weighted by atomic mass is 10.1. The van der Waals surface area contributed by atoms with Gasteiger partial charge in [0.1, 0.15) is 5.52 Å². The van der Waals surface area contributed by atoms with Gasteiger partial charge < -0.3 is 10.6 Å². The summed E-state index contributed by atoms with van der Waals surface area (Å²) in [5.74, 6) is 0.568. The predicted molar refractivity (Wildman–Crippen MR) is 88.4 cm³/mol. The van der Waals surface area contributed by atoms with Crippen LogP contribution < -0.4 is 5.73 Å². The summed E-state index contributed by atoms with van der Waals surface area (Å²) in [6, 6.07) is 2.36. The largest absolute Gasteiger partial charge is 0.369 e. The van der Waals surface area contributed by atoms with E-state index in [0.717, 1.165) is 49.2 Å². The van der Waals surface area contributed by atoms with Gasteiger partial charge in [-0.1, -0.05) is 13.8 Å². The Morgan fingerprint density at radius 2 is 2.05 bits per heavy atom. The standard InChI is InChI=1S/C16H27N5/c1-5-20(6-2)9-7-8-13(4)21-15-14(19-16(21)17)10-12(3)11-18-15/h10-11,13H,5-9H2,1-4H3,(H2,17,19). The smallest absolute Gasteiger partial charge is 0.202 e. The van der Waals surface area contributed by atoms with E-state index < -0.39 is 0 Å². The van der Waals surface area contributed by atoms with Gasteiger partial charge in [-0.25, -0.2) is 9.97 Å². The van der Waals surface area contributed by atoms with Crippen LogP contribution in [0.3, 0.4) is 0 Å². The molecule has 0 amide bonds. The van der Waals surface area contributed by atoms with Crippen LogP contribution >= 0.6 is 0 Å². The Bertz CT molecular complexity index is 586. The molecule has 1 unspecified atom stereocenters. The average Bonchev–Trinajstić information content (AvgIpc) is 2.78. The highest BCUT2D eigenvalue weighted by molar-refractivity contribution is 5.74. The highest BCUT2D eigenvalue weighted by Gasteiger charge is 2.15. The number of aromatic nitrogens is 3. The van der Waals surface area contributed by atoms with Crippen molar-refractivity contribution < 1.29 is 0 Å². The molecule has 0 aliphatic rings. The molecule has 2 aromatic heterocycles. The molecule has 2 aromatic rings. The maximum absolute atomic E-state index is 6.09. The molecule has 0 bridgehead atoms. The Hall–Kier alpha value is -1.62. The van der Waals surface area contributed by atoms with Gasteiger partial charge in [0.2, 0.25) is 5.95 Å². The summed E-state index contributed by atoms with van der Waals surface area (Å²) < 4.78 is 2.07. The van der Waals surface area contributed by atoms with E-state index in [2.05, 4.69) is 40.2 Å². The Kier molecular flexibility index (Phi) is 5.17. The van der Waals surface area contributed by atoms with E-state index in [9.17, 15) is 0 Å². The summed E-state index contributed by atoms with van der Waals surface area (Å²) in [4.78, 5) is 11.4. The van der Waals surface area contributed by atoms with Gasteiger partial charge in [-0.2, -0.15) is 0 Å². The maximum atomic E-state index is 6.09. The summed E-state index contributed by atoms with van der Waals surface area (Å²) in [5.41, 5.74) is 8.99. The van der Waals surface area contributed by atoms with Gasteiger partial charge in [0.15, 0.2) is 5.65 Å². The van der Waals surface area contributed by atoms with Gasteiger partial charge >= 0.3 is 0 Å². The highest BCUT2D eigenvalue weighted by Crippen LogP contribution is 2.24. The van der Waals surface area contributed by atoms with Crippen LogP contribution in [0.5, 0.6) is 0 Å². The van der Waals surface area contributed by atoms with E-state index in [1.54, 1.807) is 0 Å². The number of fused-ring (bicyclic) bond motifs is 1. The second-order valence-electron chi connectivity index (χ2n) is 5.71. The number of aryl methyl sites for hydroxylation is 1. The number of anilines is 1. The topological polar surface area (TPSA) is 60.0 Å². The van der Waals surface area contributed by atoms with Crippen molar-refractivity contribution in [3.05, 3.63) is 17.8 Å². The first kappa shape index (κ1) is 15.8. The maximum Gasteiger partial charge on any atom is 0.202 e. The molecule has 2 rings (SSSR count). The lowest BCUT2D eigenvalue weighted by Crippen LogP contribution is -2.24. The van der Waals surface area contributed by atoms with Gasteiger partial charge in [-0.15, -0.1) is 0 Å². The zero-order valence-corrected chi connectivity index (χ0v) is 13.6. The molecular formula is C16H27N5. The fourth-order valence-electron chi connectivity index (χ4n) is 2.81. The van der Waals surface area contributed by atoms with E-state index in [4.69, 9.17) is 5.73 Å². The van der Waals surface area contributed by atoms with E-state index in [1.165, 1.54) is 0 Å². The zero-order valence-electron chi connectivity index (χ0n) is 13.6. The summed E-state index contributed by atoms with van der Waals surface area (Å²) in [5, 5.41) is 0. The van der Waals surface area contributed by atoms with Gasteiger partial charge in [-0.3, -0.25) is 4.57 Å². The summed E-state index contributed by atoms with van der Waals surface area (Å²) in [6.07, 6.45) is 4.12. The number of hydrogen-bond acceptors (Lipinski definition) is 4. The highest BCUT2D eigenvalue weighted by atomic mass is 15.2. The summed E-state index contributed by atoms with van der Waals surface area (Å²) in [6.45, 7) is 12.0. The minimum absolute atomic E-state index is 0.320. The average molecular weight is 289 g/mol. The molecule has 0 aromatic carbocycles. The number of nitrogens with two attached hydrogens (primary N) is 1. The van der Waals surface area contributed by atoms with Gasteiger partial charge in [0, 0.05) is 12.2 Å². The monoisotopic (exact) mass is 289 g/mol. The number of hydrogen-bond donors (Lipinski definition) is 1. The van der Waals surface area contributed by atoms with Crippen molar-refractivity contribution in [2.45, 2.75) is 46.6 Å². The van der Waals surface area contributed by atoms with Crippen LogP contribution in [0.25, 0.3) is 11.2 Å². The Morgan fingerprint density at radius 1 is 1.33 bits per heavy atom. The van der Waals surface area contributed by atoms with Crippen molar-refractivity contribution in [1.82, 2.24) is 19.4 Å². The van der Waals surface area contributed by atoms with E-state index in [1.807, 2.05) is 19.2 Å². The molecule has 0 fully saturated rings. The Morgan fingerprint density at radius 3 is 2.71 bits per heavy atom. The van der Waals surface area contributed by atoms with Crippen LogP contribution in [0, 0.1) is 6.92 Å². The second kappa shape index (κ2) is 6.89. The molecule has 2 heterocycles. The fraction of sp³-hybridized carbons (Fsp3) is 0.625. The van der Waals surface area contributed by atoms with Crippen LogP contribution in [0.2, 0.25) is 0 Å². The molecule has 5 heteroatoms. The third-order valence-electron chi connectivity index (χ3n) is 4.13. The fourth-order valence-corrected chi connectivity index (χ4v) is 2.81. The van der Waals surface area contributed by atoms with E-state index >= 15 is 0 Å². The third kappa shape index (κ3) is 3.53. The van der Waals surface area contributed by atoms with Crippen molar-refractivity contribution in [2.75, 3.05) is 25.4 Å². The molecule has 0 aliphatic carbocycles. The molecule has 21 heavy (non-hydrogen) atoms. The Balaban J connectivity index is 2.09. The van der Waals surface area contributed by atoms with Crippen molar-refractivity contribution >= 4 is 17.1 Å². The molecule has 0 aliphatic heterocycles. The molecule has 1 atom stereocenters. The van der Waals surface area contributed by atoms with E-state index in [0.29, 0.717) is 12.0 Å². The van der Waals surface area contributed by atoms with Crippen LogP contribution in [-0.4, -0.2) is 39.1 Å². The lowest BCUT2D eigenvalue weighted by molar-refractivity contribution is 0.289. The molecule has 0 saturated carbocycles. The van der Waals surface area contributed by atoms with Crippen molar-refractivity contribution in [2.24, 2.45) is 0 Å². The van der Waals surface area contributed by atoms with E-state index in [-0.39, 0.29) is 0 Å². The quantitative estimate of drug-likeness (QED) is 0.851. The first-order chi connectivity index (χ1) is 10.1. The number of nitrogen functional groups attached to an aromatic ring is 1. The molecule has 5 nitrogen and oxygen atoms in total. The first-order valence-corrected chi connectivity index (χ1v) is 7.89. The molecule has 2 N–H and O–H groups in total. The Labute approximate surface area is 127 Å². The van der Waals surface area contributed by atoms with Gasteiger partial charge in [0.05, 0.1) is 0 Å². The minimum atomic E-state index is 0.320. The summed E-state index contributed by atoms with van der Waals surface area (Å²) >= 11 is 0. The number of imidazole rings is 1. The molecular weight excluding hydrogens is 262 g/mol. The summed E-state index contributed by atoms with van der Waals surface area (Å²) in [7, 11) is 0. The number of rotatable bonds is 7. The number of pyridine rings is 1. The minimum Gasteiger partial charge on any atom is -0.369 e. The van der Waals surface area contributed by atoms with Crippen molar-refractivity contribution in [1.29, 1.82) is 0 Å². The third-order valence-corrected chi connectivity index (χ3v) is 4.13. The van der Waals surface area contributed by atoms with Gasteiger partial charge in [0.25, 0.3) is 0 Å². The van der Waals surface area contributed by atoms with Crippen molar-refractivity contribution in [3.63, 3.8) is 0 Å². The molecule has 0 saturated heterocycles. The molecule has 0 spiro atoms. The normalized spacial score (nSPS) is 13.2. The SMILES string of the molecule is CCN(CC)CCCC(C)n1c(N)nc2cc(C)cnc21. The van der Waals surface area contributed by atoms with Crippen LogP contribution in [-0.2, 0) is 0 Å². The molecule has 116 valence electrons. The zero-order chi connectivity index (χ0) is 15.4. The van der Waals surface area contributed by atoms with Crippen LogP contribution in [0.4, 0.5) is 5.95 Å². The second-order valence-corrected chi connectivity index (χ2v) is 5.71. The predicted octanol–water partition coefficient (Wildman–Crippen LogP) is 3.00. The molecule has 0 radical (unpaired) electrons. The van der Waals surface area contributed by atoms with Crippen LogP contribution in [0.1, 0.15) is 45.2 Å². The van der Waals surface area contributed by atoms with Gasteiger partial charge in [-0.05, 0) is 58.0 Å².